The lowest BCUT2D eigenvalue weighted by Gasteiger charge is -2.10. The molecule has 0 heterocycles. The molecule has 0 unspecified atom stereocenters. The van der Waals surface area contributed by atoms with Gasteiger partial charge in [0.1, 0.15) is 11.6 Å². The molecule has 2 aromatic carbocycles. The lowest BCUT2D eigenvalue weighted by atomic mass is 10.2. The van der Waals surface area contributed by atoms with Crippen LogP contribution in [0.1, 0.15) is 67.4 Å². The molecular weight excluding hydrogens is 394 g/mol. The van der Waals surface area contributed by atoms with Crippen molar-refractivity contribution < 1.29 is 5.11 Å². The van der Waals surface area contributed by atoms with Gasteiger partial charge in [0.25, 0.3) is 0 Å². The Morgan fingerprint density at radius 3 is 1.78 bits per heavy atom. The number of rotatable bonds is 5. The molecule has 0 aliphatic carbocycles. The highest BCUT2D eigenvalue weighted by Gasteiger charge is 1.97. The summed E-state index contributed by atoms with van der Waals surface area (Å²) in [4.78, 5) is 0. The fourth-order valence-corrected chi connectivity index (χ4v) is 1.78. The molecule has 182 valence electrons. The summed E-state index contributed by atoms with van der Waals surface area (Å²) in [5.74, 6) is 1.87. The number of benzene rings is 2. The van der Waals surface area contributed by atoms with Crippen molar-refractivity contribution in [1.29, 1.82) is 0 Å². The van der Waals surface area contributed by atoms with Crippen molar-refractivity contribution in [3.05, 3.63) is 83.8 Å². The highest BCUT2D eigenvalue weighted by Crippen LogP contribution is 2.12. The molecule has 4 nitrogen and oxygen atoms in total. The predicted molar refractivity (Wildman–Crippen MR) is 146 cm³/mol. The average Bonchev–Trinajstić information content (AvgIpc) is 2.83. The number of likely N-dealkylation sites (N-methyl/N-ethyl adjacent to an activating group) is 1. The zero-order valence-electron chi connectivity index (χ0n) is 22.2. The fraction of sp³-hybridized carbons (Fsp3) is 0.429. The van der Waals surface area contributed by atoms with Crippen LogP contribution in [0, 0.1) is 12.8 Å². The molecule has 0 aromatic heterocycles. The van der Waals surface area contributed by atoms with Crippen molar-refractivity contribution >= 4 is 5.69 Å². The number of aryl methyl sites for hydroxylation is 1. The molecule has 0 amide bonds. The van der Waals surface area contributed by atoms with E-state index in [0.29, 0.717) is 11.6 Å². The van der Waals surface area contributed by atoms with Gasteiger partial charge < -0.3 is 21.5 Å². The van der Waals surface area contributed by atoms with Gasteiger partial charge in [0, 0.05) is 12.7 Å². The third-order valence-electron chi connectivity index (χ3n) is 3.88. The second-order valence-corrected chi connectivity index (χ2v) is 6.66. The van der Waals surface area contributed by atoms with Crippen molar-refractivity contribution in [1.82, 2.24) is 5.32 Å². The largest absolute Gasteiger partial charge is 0.508 e. The summed E-state index contributed by atoms with van der Waals surface area (Å²) in [6.07, 6.45) is 5.16. The van der Waals surface area contributed by atoms with E-state index < -0.39 is 0 Å². The topological polar surface area (TPSA) is 70.3 Å². The molecule has 0 atom stereocenters. The number of phenols is 1. The highest BCUT2D eigenvalue weighted by molar-refractivity contribution is 5.48. The molecular formula is C28H49N3O. The summed E-state index contributed by atoms with van der Waals surface area (Å²) >= 11 is 0. The number of para-hydroxylation sites is 2. The Kier molecular flexibility index (Phi) is 25.7. The van der Waals surface area contributed by atoms with E-state index in [1.165, 1.54) is 6.42 Å². The Morgan fingerprint density at radius 1 is 0.969 bits per heavy atom. The van der Waals surface area contributed by atoms with E-state index in [4.69, 9.17) is 10.8 Å². The molecule has 0 saturated heterocycles. The standard InChI is InChI=1S/C12H17N3.C7H8O.C5H12.2C2H6/c1-3-7-11(14-2)12(13)15-10-8-5-4-6-9-10;1-6-4-2-3-5-7(6)8;1-4-5(2)3;2*1-2/h3-9,14-15H,13H2,1-2H3;2-5,8H,1H3;5H,4H2,1-3H3;2*1-2H3/b7-3-,12-11-;;;;. The van der Waals surface area contributed by atoms with Gasteiger partial charge in [0.05, 0.1) is 5.70 Å². The Balaban J connectivity index is -0.000000415. The number of nitrogens with one attached hydrogen (secondary N) is 2. The van der Waals surface area contributed by atoms with Crippen LogP contribution in [0.15, 0.2) is 78.3 Å². The predicted octanol–water partition coefficient (Wildman–Crippen LogP) is 7.83. The van der Waals surface area contributed by atoms with Crippen molar-refractivity contribution in [2.24, 2.45) is 11.7 Å². The second-order valence-electron chi connectivity index (χ2n) is 6.66. The maximum absolute atomic E-state index is 8.92. The van der Waals surface area contributed by atoms with Crippen LogP contribution < -0.4 is 16.4 Å². The van der Waals surface area contributed by atoms with Crippen LogP contribution in [0.4, 0.5) is 5.69 Å². The van der Waals surface area contributed by atoms with Gasteiger partial charge in [0.2, 0.25) is 0 Å². The number of phenolic OH excluding ortho intramolecular Hbond substituents is 1. The summed E-state index contributed by atoms with van der Waals surface area (Å²) in [5, 5.41) is 15.1. The number of nitrogens with two attached hydrogens (primary N) is 1. The number of hydrogen-bond donors (Lipinski definition) is 4. The Bertz CT molecular complexity index is 687. The maximum Gasteiger partial charge on any atom is 0.124 e. The Morgan fingerprint density at radius 2 is 1.44 bits per heavy atom. The monoisotopic (exact) mass is 443 g/mol. The molecule has 0 aliphatic rings. The number of anilines is 1. The molecule has 32 heavy (non-hydrogen) atoms. The Hall–Kier alpha value is -2.88. The van der Waals surface area contributed by atoms with Gasteiger partial charge in [-0.05, 0) is 49.6 Å². The van der Waals surface area contributed by atoms with Crippen LogP contribution in [0.5, 0.6) is 5.75 Å². The first-order valence-electron chi connectivity index (χ1n) is 11.7. The van der Waals surface area contributed by atoms with Crippen LogP contribution in [0.3, 0.4) is 0 Å². The van der Waals surface area contributed by atoms with Crippen molar-refractivity contribution in [3.8, 4) is 5.75 Å². The van der Waals surface area contributed by atoms with E-state index in [0.717, 1.165) is 22.9 Å². The quantitative estimate of drug-likeness (QED) is 0.355. The first-order valence-corrected chi connectivity index (χ1v) is 11.7. The molecule has 0 saturated carbocycles. The van der Waals surface area contributed by atoms with Gasteiger partial charge in [-0.1, -0.05) is 97.4 Å². The minimum atomic E-state index is 0.368. The highest BCUT2D eigenvalue weighted by atomic mass is 16.3. The summed E-state index contributed by atoms with van der Waals surface area (Å²) in [6, 6.07) is 17.1. The molecule has 2 rings (SSSR count). The second kappa shape index (κ2) is 24.4. The van der Waals surface area contributed by atoms with E-state index in [9.17, 15) is 0 Å². The summed E-state index contributed by atoms with van der Waals surface area (Å²) in [6.45, 7) is 18.5. The zero-order chi connectivity index (χ0) is 25.4. The molecule has 0 aliphatic heterocycles. The van der Waals surface area contributed by atoms with Crippen LogP contribution in [0.2, 0.25) is 0 Å². The molecule has 0 fully saturated rings. The minimum absolute atomic E-state index is 0.368. The molecule has 0 spiro atoms. The lowest BCUT2D eigenvalue weighted by molar-refractivity contribution is 0.471. The molecule has 2 aromatic rings. The lowest BCUT2D eigenvalue weighted by Crippen LogP contribution is -2.18. The maximum atomic E-state index is 8.92. The first-order chi connectivity index (χ1) is 15.3. The summed E-state index contributed by atoms with van der Waals surface area (Å²) in [7, 11) is 1.84. The van der Waals surface area contributed by atoms with E-state index in [-0.39, 0.29) is 0 Å². The smallest absolute Gasteiger partial charge is 0.124 e. The van der Waals surface area contributed by atoms with Crippen LogP contribution in [-0.4, -0.2) is 12.2 Å². The SMILES string of the molecule is C/C=C\C(NC)=C(/N)Nc1ccccc1.CC.CC.CCC(C)C.Cc1ccccc1O. The van der Waals surface area contributed by atoms with Crippen LogP contribution >= 0.6 is 0 Å². The van der Waals surface area contributed by atoms with Gasteiger partial charge in [-0.2, -0.15) is 0 Å². The summed E-state index contributed by atoms with van der Waals surface area (Å²) < 4.78 is 0. The van der Waals surface area contributed by atoms with Crippen molar-refractivity contribution in [2.75, 3.05) is 12.4 Å². The first kappa shape index (κ1) is 33.8. The zero-order valence-corrected chi connectivity index (χ0v) is 22.2. The van der Waals surface area contributed by atoms with E-state index in [2.05, 4.69) is 31.4 Å². The average molecular weight is 444 g/mol. The van der Waals surface area contributed by atoms with Gasteiger partial charge >= 0.3 is 0 Å². The van der Waals surface area contributed by atoms with E-state index in [1.807, 2.05) is 109 Å². The Labute approximate surface area is 198 Å². The number of aromatic hydroxyl groups is 1. The van der Waals surface area contributed by atoms with Gasteiger partial charge in [-0.25, -0.2) is 0 Å². The van der Waals surface area contributed by atoms with Crippen LogP contribution in [0.25, 0.3) is 0 Å². The fourth-order valence-electron chi connectivity index (χ4n) is 1.78. The van der Waals surface area contributed by atoms with Gasteiger partial charge in [0.15, 0.2) is 0 Å². The third-order valence-corrected chi connectivity index (χ3v) is 3.88. The van der Waals surface area contributed by atoms with Crippen molar-refractivity contribution in [3.63, 3.8) is 0 Å². The van der Waals surface area contributed by atoms with E-state index >= 15 is 0 Å². The van der Waals surface area contributed by atoms with Crippen molar-refractivity contribution in [2.45, 2.75) is 68.7 Å². The van der Waals surface area contributed by atoms with Gasteiger partial charge in [-0.3, -0.25) is 0 Å². The summed E-state index contributed by atoms with van der Waals surface area (Å²) in [5.41, 5.74) is 8.68. The number of hydrogen-bond acceptors (Lipinski definition) is 4. The molecule has 0 radical (unpaired) electrons. The molecule has 4 heteroatoms. The van der Waals surface area contributed by atoms with Crippen LogP contribution in [-0.2, 0) is 0 Å². The molecule has 5 N–H and O–H groups in total. The molecule has 0 bridgehead atoms. The minimum Gasteiger partial charge on any atom is -0.508 e. The third kappa shape index (κ3) is 19.1. The normalized spacial score (nSPS) is 9.97. The number of allylic oxidation sites excluding steroid dienone is 2. The van der Waals surface area contributed by atoms with Gasteiger partial charge in [-0.15, -0.1) is 0 Å². The van der Waals surface area contributed by atoms with E-state index in [1.54, 1.807) is 6.07 Å².